The summed E-state index contributed by atoms with van der Waals surface area (Å²) in [5.41, 5.74) is 0. The molecule has 1 heterocycles. The fourth-order valence-electron chi connectivity index (χ4n) is 0.889. The van der Waals surface area contributed by atoms with Gasteiger partial charge >= 0.3 is 0 Å². The lowest BCUT2D eigenvalue weighted by atomic mass is 10.5. The largest absolute Gasteiger partial charge is 0.368 e. The van der Waals surface area contributed by atoms with Crippen molar-refractivity contribution in [2.24, 2.45) is 0 Å². The van der Waals surface area contributed by atoms with Gasteiger partial charge in [0.25, 0.3) is 0 Å². The van der Waals surface area contributed by atoms with Crippen molar-refractivity contribution in [2.75, 3.05) is 25.0 Å². The molecule has 1 aromatic heterocycles. The molecular weight excluding hydrogens is 279 g/mol. The van der Waals surface area contributed by atoms with Gasteiger partial charge in [-0.1, -0.05) is 6.92 Å². The molecule has 0 aliphatic rings. The van der Waals surface area contributed by atoms with Crippen LogP contribution in [0.4, 0.5) is 5.82 Å². The summed E-state index contributed by atoms with van der Waals surface area (Å²) in [6.07, 6.45) is 3.35. The van der Waals surface area contributed by atoms with Gasteiger partial charge in [-0.05, 0) is 29.1 Å². The second-order valence-corrected chi connectivity index (χ2v) is 3.66. The first-order valence-electron chi connectivity index (χ1n) is 4.24. The predicted octanol–water partition coefficient (Wildman–Crippen LogP) is 1.10. The standard InChI is InChI=1S/C8H13IN4/c1-2-10-3-4-12-8-7(9)5-11-6-13-8/h5-6,10H,2-4H2,1H3,(H,11,12,13). The van der Waals surface area contributed by atoms with Crippen molar-refractivity contribution in [2.45, 2.75) is 6.92 Å². The zero-order valence-corrected chi connectivity index (χ0v) is 9.71. The number of halogens is 1. The third-order valence-corrected chi connectivity index (χ3v) is 2.30. The molecule has 0 atom stereocenters. The minimum absolute atomic E-state index is 0.890. The maximum Gasteiger partial charge on any atom is 0.142 e. The molecule has 0 amide bonds. The maximum atomic E-state index is 4.12. The molecule has 72 valence electrons. The normalized spacial score (nSPS) is 10.0. The number of nitrogens with zero attached hydrogens (tertiary/aromatic N) is 2. The van der Waals surface area contributed by atoms with Crippen LogP contribution in [0.25, 0.3) is 0 Å². The third-order valence-electron chi connectivity index (χ3n) is 1.51. The lowest BCUT2D eigenvalue weighted by Gasteiger charge is -2.06. The van der Waals surface area contributed by atoms with E-state index < -0.39 is 0 Å². The summed E-state index contributed by atoms with van der Waals surface area (Å²) in [4.78, 5) is 8.03. The van der Waals surface area contributed by atoms with Crippen molar-refractivity contribution < 1.29 is 0 Å². The van der Waals surface area contributed by atoms with Gasteiger partial charge in [0.1, 0.15) is 12.1 Å². The van der Waals surface area contributed by atoms with E-state index in [9.17, 15) is 0 Å². The number of rotatable bonds is 5. The average molecular weight is 292 g/mol. The summed E-state index contributed by atoms with van der Waals surface area (Å²) in [6, 6.07) is 0. The first-order valence-corrected chi connectivity index (χ1v) is 5.32. The smallest absolute Gasteiger partial charge is 0.142 e. The van der Waals surface area contributed by atoms with E-state index >= 15 is 0 Å². The van der Waals surface area contributed by atoms with Gasteiger partial charge in [0.2, 0.25) is 0 Å². The number of hydrogen-bond acceptors (Lipinski definition) is 4. The monoisotopic (exact) mass is 292 g/mol. The van der Waals surface area contributed by atoms with E-state index in [1.165, 1.54) is 0 Å². The van der Waals surface area contributed by atoms with Crippen molar-refractivity contribution >= 4 is 28.4 Å². The Bertz CT molecular complexity index is 254. The molecular formula is C8H13IN4. The van der Waals surface area contributed by atoms with Crippen LogP contribution in [-0.2, 0) is 0 Å². The van der Waals surface area contributed by atoms with Crippen LogP contribution in [0.1, 0.15) is 6.92 Å². The summed E-state index contributed by atoms with van der Waals surface area (Å²) >= 11 is 2.21. The number of likely N-dealkylation sites (N-methyl/N-ethyl adjacent to an activating group) is 1. The average Bonchev–Trinajstić information content (AvgIpc) is 2.15. The molecule has 0 saturated carbocycles. The van der Waals surface area contributed by atoms with Crippen LogP contribution in [0.5, 0.6) is 0 Å². The van der Waals surface area contributed by atoms with Gasteiger partial charge in [-0.2, -0.15) is 0 Å². The molecule has 0 aromatic carbocycles. The van der Waals surface area contributed by atoms with Crippen LogP contribution in [0.3, 0.4) is 0 Å². The van der Waals surface area contributed by atoms with Gasteiger partial charge < -0.3 is 10.6 Å². The van der Waals surface area contributed by atoms with E-state index in [1.54, 1.807) is 12.5 Å². The number of aromatic nitrogens is 2. The number of hydrogen-bond donors (Lipinski definition) is 2. The van der Waals surface area contributed by atoms with Crippen LogP contribution >= 0.6 is 22.6 Å². The zero-order valence-electron chi connectivity index (χ0n) is 7.55. The van der Waals surface area contributed by atoms with E-state index in [0.717, 1.165) is 29.0 Å². The Kier molecular flexibility index (Phi) is 4.99. The SMILES string of the molecule is CCNCCNc1ncncc1I. The topological polar surface area (TPSA) is 49.8 Å². The highest BCUT2D eigenvalue weighted by atomic mass is 127. The first-order chi connectivity index (χ1) is 6.34. The van der Waals surface area contributed by atoms with E-state index in [2.05, 4.69) is 50.1 Å². The first kappa shape index (κ1) is 10.6. The van der Waals surface area contributed by atoms with Gasteiger partial charge in [0, 0.05) is 19.3 Å². The van der Waals surface area contributed by atoms with Crippen molar-refractivity contribution in [3.8, 4) is 0 Å². The molecule has 0 saturated heterocycles. The Balaban J connectivity index is 2.32. The van der Waals surface area contributed by atoms with E-state index in [0.29, 0.717) is 0 Å². The van der Waals surface area contributed by atoms with Crippen LogP contribution < -0.4 is 10.6 Å². The fraction of sp³-hybridized carbons (Fsp3) is 0.500. The lowest BCUT2D eigenvalue weighted by Crippen LogP contribution is -2.22. The Hall–Kier alpha value is -0.430. The van der Waals surface area contributed by atoms with Crippen LogP contribution in [0.15, 0.2) is 12.5 Å². The molecule has 5 heteroatoms. The van der Waals surface area contributed by atoms with E-state index in [1.807, 2.05) is 0 Å². The van der Waals surface area contributed by atoms with Gasteiger partial charge in [-0.25, -0.2) is 9.97 Å². The summed E-state index contributed by atoms with van der Waals surface area (Å²) in [5, 5.41) is 6.46. The maximum absolute atomic E-state index is 4.12. The Morgan fingerprint density at radius 2 is 2.31 bits per heavy atom. The quantitative estimate of drug-likeness (QED) is 0.630. The van der Waals surface area contributed by atoms with Gasteiger partial charge in [-0.15, -0.1) is 0 Å². The molecule has 0 bridgehead atoms. The highest BCUT2D eigenvalue weighted by Gasteiger charge is 1.97. The zero-order chi connectivity index (χ0) is 9.52. The Morgan fingerprint density at radius 1 is 1.46 bits per heavy atom. The fourth-order valence-corrected chi connectivity index (χ4v) is 1.38. The second-order valence-electron chi connectivity index (χ2n) is 2.50. The number of anilines is 1. The molecule has 2 N–H and O–H groups in total. The highest BCUT2D eigenvalue weighted by molar-refractivity contribution is 14.1. The minimum atomic E-state index is 0.890. The number of nitrogens with one attached hydrogen (secondary N) is 2. The molecule has 0 unspecified atom stereocenters. The summed E-state index contributed by atoms with van der Waals surface area (Å²) in [5.74, 6) is 0.911. The van der Waals surface area contributed by atoms with Crippen LogP contribution in [-0.4, -0.2) is 29.6 Å². The van der Waals surface area contributed by atoms with Crippen molar-refractivity contribution in [3.63, 3.8) is 0 Å². The molecule has 0 fully saturated rings. The summed E-state index contributed by atoms with van der Waals surface area (Å²) < 4.78 is 1.05. The van der Waals surface area contributed by atoms with Gasteiger partial charge in [0.05, 0.1) is 3.57 Å². The summed E-state index contributed by atoms with van der Waals surface area (Å²) in [7, 11) is 0. The Morgan fingerprint density at radius 3 is 3.00 bits per heavy atom. The van der Waals surface area contributed by atoms with E-state index in [4.69, 9.17) is 0 Å². The predicted molar refractivity (Wildman–Crippen MR) is 61.8 cm³/mol. The molecule has 0 aliphatic heterocycles. The molecule has 0 radical (unpaired) electrons. The van der Waals surface area contributed by atoms with Crippen LogP contribution in [0.2, 0.25) is 0 Å². The third kappa shape index (κ3) is 3.86. The molecule has 0 aliphatic carbocycles. The van der Waals surface area contributed by atoms with Crippen molar-refractivity contribution in [1.29, 1.82) is 0 Å². The lowest BCUT2D eigenvalue weighted by molar-refractivity contribution is 0.737. The molecule has 4 nitrogen and oxygen atoms in total. The van der Waals surface area contributed by atoms with E-state index in [-0.39, 0.29) is 0 Å². The molecule has 1 aromatic rings. The van der Waals surface area contributed by atoms with Gasteiger partial charge in [-0.3, -0.25) is 0 Å². The molecule has 13 heavy (non-hydrogen) atoms. The summed E-state index contributed by atoms with van der Waals surface area (Å²) in [6.45, 7) is 4.94. The van der Waals surface area contributed by atoms with Crippen molar-refractivity contribution in [1.82, 2.24) is 15.3 Å². The van der Waals surface area contributed by atoms with Crippen molar-refractivity contribution in [3.05, 3.63) is 16.1 Å². The second kappa shape index (κ2) is 6.09. The highest BCUT2D eigenvalue weighted by Crippen LogP contribution is 2.11. The minimum Gasteiger partial charge on any atom is -0.368 e. The molecule has 0 spiro atoms. The van der Waals surface area contributed by atoms with Crippen LogP contribution in [0, 0.1) is 3.57 Å². The Labute approximate surface area is 91.7 Å². The molecule has 1 rings (SSSR count). The van der Waals surface area contributed by atoms with Gasteiger partial charge in [0.15, 0.2) is 0 Å².